The smallest absolute Gasteiger partial charge is 0.214 e. The Morgan fingerprint density at radius 2 is 2.38 bits per heavy atom. The Balaban J connectivity index is 3.10. The number of nitrogens with two attached hydrogens (primary N) is 1. The predicted octanol–water partition coefficient (Wildman–Crippen LogP) is 0.223. The van der Waals surface area contributed by atoms with Gasteiger partial charge in [0.15, 0.2) is 6.29 Å². The van der Waals surface area contributed by atoms with Gasteiger partial charge in [-0.2, -0.15) is 0 Å². The normalized spacial score (nSPS) is 8.38. The molecule has 0 aromatic carbocycles. The van der Waals surface area contributed by atoms with Gasteiger partial charge in [0.2, 0.25) is 5.88 Å². The van der Waals surface area contributed by atoms with Crippen LogP contribution in [0.4, 0.5) is 5.69 Å². The molecule has 1 aromatic rings. The Bertz CT molecular complexity index is 377. The van der Waals surface area contributed by atoms with Crippen molar-refractivity contribution in [3.05, 3.63) is 17.8 Å². The van der Waals surface area contributed by atoms with E-state index < -0.39 is 0 Å². The number of carbonyl (C=O) groups is 1. The Hall–Kier alpha value is -2.02. The molecule has 1 heterocycles. The van der Waals surface area contributed by atoms with Crippen molar-refractivity contribution < 1.29 is 9.53 Å². The number of hydrogen-bond donors (Lipinski definition) is 1. The molecular weight excluding hydrogens is 168 g/mol. The minimum atomic E-state index is 0.353. The molecule has 0 aliphatic heterocycles. The van der Waals surface area contributed by atoms with E-state index in [9.17, 15) is 4.79 Å². The van der Waals surface area contributed by atoms with Gasteiger partial charge in [-0.15, -0.1) is 0 Å². The second-order valence-electron chi connectivity index (χ2n) is 2.18. The molecule has 0 saturated heterocycles. The third-order valence-electron chi connectivity index (χ3n) is 1.36. The second kappa shape index (κ2) is 4.12. The minimum Gasteiger partial charge on any atom is -0.481 e. The maximum atomic E-state index is 9.97. The summed E-state index contributed by atoms with van der Waals surface area (Å²) in [7, 11) is 1.50. The fourth-order valence-electron chi connectivity index (χ4n) is 0.764. The number of aromatic nitrogens is 1. The number of ether oxygens (including phenoxy) is 1. The molecule has 2 N–H and O–H groups in total. The number of hydrogen-bond acceptors (Lipinski definition) is 4. The first-order valence-corrected chi connectivity index (χ1v) is 3.53. The molecule has 0 radical (unpaired) electrons. The zero-order chi connectivity index (χ0) is 9.68. The van der Waals surface area contributed by atoms with Crippen LogP contribution in [-0.4, -0.2) is 18.4 Å². The third kappa shape index (κ3) is 2.20. The lowest BCUT2D eigenvalue weighted by molar-refractivity contribution is -0.103. The van der Waals surface area contributed by atoms with Crippen LogP contribution in [0.2, 0.25) is 0 Å². The number of nitrogen functional groups attached to an aromatic ring is 1. The van der Waals surface area contributed by atoms with Gasteiger partial charge >= 0.3 is 0 Å². The van der Waals surface area contributed by atoms with Crippen molar-refractivity contribution in [1.82, 2.24) is 4.98 Å². The first kappa shape index (κ1) is 9.07. The molecule has 0 amide bonds. The molecule has 0 atom stereocenters. The van der Waals surface area contributed by atoms with Crippen LogP contribution in [0.25, 0.3) is 0 Å². The van der Waals surface area contributed by atoms with Crippen molar-refractivity contribution >= 4 is 12.0 Å². The number of aldehydes is 1. The van der Waals surface area contributed by atoms with Crippen molar-refractivity contribution in [2.75, 3.05) is 12.8 Å². The lowest BCUT2D eigenvalue weighted by Crippen LogP contribution is -1.96. The summed E-state index contributed by atoms with van der Waals surface area (Å²) in [4.78, 5) is 13.9. The van der Waals surface area contributed by atoms with Crippen LogP contribution in [0.5, 0.6) is 5.88 Å². The summed E-state index contributed by atoms with van der Waals surface area (Å²) in [6, 6.07) is 3.25. The largest absolute Gasteiger partial charge is 0.481 e. The molecule has 0 fully saturated rings. The summed E-state index contributed by atoms with van der Waals surface area (Å²) in [5.41, 5.74) is 6.33. The molecule has 1 rings (SSSR count). The fraction of sp³-hybridized carbons (Fsp3) is 0.111. The van der Waals surface area contributed by atoms with Crippen LogP contribution < -0.4 is 10.5 Å². The molecule has 0 bridgehead atoms. The fourth-order valence-corrected chi connectivity index (χ4v) is 0.764. The van der Waals surface area contributed by atoms with Crippen LogP contribution in [-0.2, 0) is 4.79 Å². The summed E-state index contributed by atoms with van der Waals surface area (Å²) in [6.07, 6.45) is 0.487. The van der Waals surface area contributed by atoms with Crippen molar-refractivity contribution in [2.24, 2.45) is 0 Å². The van der Waals surface area contributed by atoms with Crippen molar-refractivity contribution in [1.29, 1.82) is 0 Å². The molecule has 4 heteroatoms. The topological polar surface area (TPSA) is 65.2 Å². The maximum Gasteiger partial charge on any atom is 0.214 e. The Morgan fingerprint density at radius 3 is 3.00 bits per heavy atom. The van der Waals surface area contributed by atoms with Gasteiger partial charge in [0.05, 0.1) is 12.8 Å². The highest BCUT2D eigenvalue weighted by atomic mass is 16.5. The quantitative estimate of drug-likeness (QED) is 0.491. The van der Waals surface area contributed by atoms with Crippen molar-refractivity contribution in [2.45, 2.75) is 0 Å². The van der Waals surface area contributed by atoms with E-state index in [0.29, 0.717) is 23.5 Å². The van der Waals surface area contributed by atoms with Gasteiger partial charge in [-0.3, -0.25) is 4.79 Å². The van der Waals surface area contributed by atoms with E-state index in [4.69, 9.17) is 10.5 Å². The average molecular weight is 176 g/mol. The van der Waals surface area contributed by atoms with Gasteiger partial charge in [0.25, 0.3) is 0 Å². The maximum absolute atomic E-state index is 9.97. The van der Waals surface area contributed by atoms with Gasteiger partial charge < -0.3 is 10.5 Å². The monoisotopic (exact) mass is 176 g/mol. The molecular formula is C9H8N2O2. The summed E-state index contributed by atoms with van der Waals surface area (Å²) >= 11 is 0. The second-order valence-corrected chi connectivity index (χ2v) is 2.18. The Morgan fingerprint density at radius 1 is 1.62 bits per heavy atom. The zero-order valence-electron chi connectivity index (χ0n) is 7.07. The highest BCUT2D eigenvalue weighted by molar-refractivity contribution is 5.74. The molecule has 13 heavy (non-hydrogen) atoms. The molecule has 0 aliphatic carbocycles. The SMILES string of the molecule is COc1ccc(N)c(C#CC=O)n1. The molecule has 66 valence electrons. The summed E-state index contributed by atoms with van der Waals surface area (Å²) < 4.78 is 4.87. The van der Waals surface area contributed by atoms with Gasteiger partial charge in [-0.1, -0.05) is 0 Å². The lowest BCUT2D eigenvalue weighted by atomic mass is 10.3. The third-order valence-corrected chi connectivity index (χ3v) is 1.36. The van der Waals surface area contributed by atoms with Crippen LogP contribution in [0.3, 0.4) is 0 Å². The number of methoxy groups -OCH3 is 1. The summed E-state index contributed by atoms with van der Waals surface area (Å²) in [6.45, 7) is 0. The van der Waals surface area contributed by atoms with Crippen LogP contribution in [0.1, 0.15) is 5.69 Å². The molecule has 0 aliphatic rings. The molecule has 4 nitrogen and oxygen atoms in total. The van der Waals surface area contributed by atoms with E-state index >= 15 is 0 Å². The average Bonchev–Trinajstić information content (AvgIpc) is 2.17. The van der Waals surface area contributed by atoms with E-state index in [1.807, 2.05) is 0 Å². The molecule has 0 spiro atoms. The summed E-state index contributed by atoms with van der Waals surface area (Å²) in [5.74, 6) is 5.15. The highest BCUT2D eigenvalue weighted by Gasteiger charge is 1.99. The minimum absolute atomic E-state index is 0.353. The first-order valence-electron chi connectivity index (χ1n) is 3.53. The Kier molecular flexibility index (Phi) is 2.87. The molecule has 0 unspecified atom stereocenters. The highest BCUT2D eigenvalue weighted by Crippen LogP contribution is 2.12. The Labute approximate surface area is 75.7 Å². The van der Waals surface area contributed by atoms with E-state index in [1.54, 1.807) is 12.1 Å². The zero-order valence-corrected chi connectivity index (χ0v) is 7.07. The standard InChI is InChI=1S/C9H8N2O2/c1-13-9-5-4-7(10)8(11-9)3-2-6-12/h4-6H,10H2,1H3. The number of anilines is 1. The number of pyridine rings is 1. The van der Waals surface area contributed by atoms with E-state index in [2.05, 4.69) is 16.8 Å². The lowest BCUT2D eigenvalue weighted by Gasteiger charge is -2.00. The number of nitrogens with zero attached hydrogens (tertiary/aromatic N) is 1. The van der Waals surface area contributed by atoms with Gasteiger partial charge in [-0.25, -0.2) is 4.98 Å². The van der Waals surface area contributed by atoms with Crippen LogP contribution >= 0.6 is 0 Å². The van der Waals surface area contributed by atoms with Gasteiger partial charge in [0, 0.05) is 6.07 Å². The van der Waals surface area contributed by atoms with Crippen LogP contribution in [0.15, 0.2) is 12.1 Å². The number of carbonyl (C=O) groups excluding carboxylic acids is 1. The molecule has 0 saturated carbocycles. The van der Waals surface area contributed by atoms with E-state index in [-0.39, 0.29) is 0 Å². The summed E-state index contributed by atoms with van der Waals surface area (Å²) in [5, 5.41) is 0. The van der Waals surface area contributed by atoms with Gasteiger partial charge in [0.1, 0.15) is 5.69 Å². The van der Waals surface area contributed by atoms with E-state index in [1.165, 1.54) is 7.11 Å². The van der Waals surface area contributed by atoms with Gasteiger partial charge in [-0.05, 0) is 17.9 Å². The van der Waals surface area contributed by atoms with E-state index in [0.717, 1.165) is 0 Å². The van der Waals surface area contributed by atoms with Crippen LogP contribution in [0, 0.1) is 11.8 Å². The molecule has 1 aromatic heterocycles. The predicted molar refractivity (Wildman–Crippen MR) is 48.1 cm³/mol. The van der Waals surface area contributed by atoms with Crippen molar-refractivity contribution in [3.63, 3.8) is 0 Å². The first-order chi connectivity index (χ1) is 6.27. The number of rotatable bonds is 1. The van der Waals surface area contributed by atoms with Crippen molar-refractivity contribution in [3.8, 4) is 17.7 Å².